The number of aromatic nitrogens is 1. The van der Waals surface area contributed by atoms with Gasteiger partial charge in [-0.3, -0.25) is 4.98 Å². The van der Waals surface area contributed by atoms with Crippen molar-refractivity contribution >= 4 is 23.0 Å². The van der Waals surface area contributed by atoms with Crippen LogP contribution in [0.2, 0.25) is 0 Å². The molecular weight excluding hydrogens is 428 g/mol. The van der Waals surface area contributed by atoms with Gasteiger partial charge in [0.25, 0.3) is 0 Å². The van der Waals surface area contributed by atoms with E-state index in [0.717, 1.165) is 30.6 Å². The van der Waals surface area contributed by atoms with E-state index in [1.54, 1.807) is 18.3 Å². The van der Waals surface area contributed by atoms with Gasteiger partial charge >= 0.3 is 12.6 Å². The maximum atomic E-state index is 12.4. The molecular formula is C25H25F2N3O3. The maximum Gasteiger partial charge on any atom is 0.387 e. The first-order chi connectivity index (χ1) is 15.9. The number of carboxylic acid groups (broad SMARTS) is 1. The van der Waals surface area contributed by atoms with Crippen LogP contribution in [0.5, 0.6) is 5.75 Å². The van der Waals surface area contributed by atoms with Gasteiger partial charge in [0.15, 0.2) is 0 Å². The molecule has 6 nitrogen and oxygen atoms in total. The fourth-order valence-electron chi connectivity index (χ4n) is 4.40. The van der Waals surface area contributed by atoms with E-state index in [9.17, 15) is 18.7 Å². The number of ether oxygens (including phenoxy) is 1. The van der Waals surface area contributed by atoms with Crippen molar-refractivity contribution in [3.8, 4) is 5.75 Å². The van der Waals surface area contributed by atoms with Crippen molar-refractivity contribution in [1.29, 1.82) is 0 Å². The Balaban J connectivity index is 1.55. The fourth-order valence-corrected chi connectivity index (χ4v) is 4.40. The third-order valence-electron chi connectivity index (χ3n) is 6.01. The first-order valence-electron chi connectivity index (χ1n) is 10.8. The Bertz CT molecular complexity index is 1120. The largest absolute Gasteiger partial charge is 0.478 e. The molecule has 2 aromatic carbocycles. The van der Waals surface area contributed by atoms with Crippen molar-refractivity contribution in [3.63, 3.8) is 0 Å². The maximum absolute atomic E-state index is 12.4. The summed E-state index contributed by atoms with van der Waals surface area (Å²) in [6.07, 6.45) is 5.96. The van der Waals surface area contributed by atoms with Crippen molar-refractivity contribution in [2.24, 2.45) is 0 Å². The molecule has 0 bridgehead atoms. The van der Waals surface area contributed by atoms with Gasteiger partial charge in [-0.1, -0.05) is 12.1 Å². The van der Waals surface area contributed by atoms with Crippen LogP contribution in [0.25, 0.3) is 0 Å². The van der Waals surface area contributed by atoms with Gasteiger partial charge in [0.2, 0.25) is 0 Å². The molecule has 0 amide bonds. The van der Waals surface area contributed by atoms with Crippen LogP contribution in [0, 0.1) is 0 Å². The molecule has 3 aromatic rings. The monoisotopic (exact) mass is 453 g/mol. The average molecular weight is 453 g/mol. The van der Waals surface area contributed by atoms with Gasteiger partial charge in [0.05, 0.1) is 17.4 Å². The number of anilines is 3. The van der Waals surface area contributed by atoms with Crippen molar-refractivity contribution in [3.05, 3.63) is 77.6 Å². The standard InChI is InChI=1S/C25H25F2N3O3/c1-30(17-8-10-18(11-9-17)33-25(26)27)23-7-3-5-19-16(4-2-6-20(19)23)14-29-22-15-28-13-12-21(22)24(31)32/h3,5,7-13,15-16,25,29H,2,4,6,14H2,1H3,(H,31,32)/t16-/m0/s1. The van der Waals surface area contributed by atoms with Crippen molar-refractivity contribution in [2.75, 3.05) is 23.8 Å². The van der Waals surface area contributed by atoms with E-state index < -0.39 is 12.6 Å². The number of halogens is 2. The van der Waals surface area contributed by atoms with Gasteiger partial charge in [-0.2, -0.15) is 8.78 Å². The molecule has 8 heteroatoms. The van der Waals surface area contributed by atoms with Crippen LogP contribution in [0.3, 0.4) is 0 Å². The predicted octanol–water partition coefficient (Wildman–Crippen LogP) is 5.68. The van der Waals surface area contributed by atoms with E-state index >= 15 is 0 Å². The number of rotatable bonds is 8. The molecule has 33 heavy (non-hydrogen) atoms. The number of hydrogen-bond donors (Lipinski definition) is 2. The van der Waals surface area contributed by atoms with Gasteiger partial charge in [0.1, 0.15) is 5.75 Å². The van der Waals surface area contributed by atoms with Gasteiger partial charge < -0.3 is 20.1 Å². The molecule has 1 aromatic heterocycles. The van der Waals surface area contributed by atoms with E-state index in [0.29, 0.717) is 12.2 Å². The second-order valence-corrected chi connectivity index (χ2v) is 7.97. The van der Waals surface area contributed by atoms with Crippen LogP contribution in [0.15, 0.2) is 60.9 Å². The Morgan fingerprint density at radius 3 is 2.76 bits per heavy atom. The van der Waals surface area contributed by atoms with Crippen LogP contribution in [-0.4, -0.2) is 36.3 Å². The molecule has 0 radical (unpaired) electrons. The fraction of sp³-hybridized carbons (Fsp3) is 0.280. The molecule has 0 unspecified atom stereocenters. The molecule has 1 aliphatic rings. The third-order valence-corrected chi connectivity index (χ3v) is 6.01. The summed E-state index contributed by atoms with van der Waals surface area (Å²) >= 11 is 0. The number of benzene rings is 2. The number of nitrogens with one attached hydrogen (secondary N) is 1. The van der Waals surface area contributed by atoms with Gasteiger partial charge in [-0.05, 0) is 66.8 Å². The molecule has 2 N–H and O–H groups in total. The Morgan fingerprint density at radius 2 is 2.03 bits per heavy atom. The predicted molar refractivity (Wildman–Crippen MR) is 123 cm³/mol. The van der Waals surface area contributed by atoms with Crippen molar-refractivity contribution in [1.82, 2.24) is 4.98 Å². The lowest BCUT2D eigenvalue weighted by Crippen LogP contribution is -2.21. The number of fused-ring (bicyclic) bond motifs is 1. The minimum absolute atomic E-state index is 0.125. The van der Waals surface area contributed by atoms with E-state index in [1.807, 2.05) is 18.0 Å². The summed E-state index contributed by atoms with van der Waals surface area (Å²) < 4.78 is 29.3. The molecule has 1 aliphatic carbocycles. The summed E-state index contributed by atoms with van der Waals surface area (Å²) in [7, 11) is 1.95. The average Bonchev–Trinajstić information content (AvgIpc) is 2.82. The number of carboxylic acids is 1. The second-order valence-electron chi connectivity index (χ2n) is 7.97. The highest BCUT2D eigenvalue weighted by atomic mass is 19.3. The number of aromatic carboxylic acids is 1. The molecule has 0 fully saturated rings. The zero-order chi connectivity index (χ0) is 23.4. The van der Waals surface area contributed by atoms with Crippen molar-refractivity contribution in [2.45, 2.75) is 31.8 Å². The Labute approximate surface area is 190 Å². The topological polar surface area (TPSA) is 74.7 Å². The third kappa shape index (κ3) is 5.05. The quantitative estimate of drug-likeness (QED) is 0.457. The van der Waals surface area contributed by atoms with Crippen LogP contribution < -0.4 is 15.0 Å². The highest BCUT2D eigenvalue weighted by Gasteiger charge is 2.24. The number of hydrogen-bond acceptors (Lipinski definition) is 5. The molecule has 0 spiro atoms. The molecule has 0 aliphatic heterocycles. The molecule has 1 atom stereocenters. The molecule has 4 rings (SSSR count). The van der Waals surface area contributed by atoms with Gasteiger partial charge in [0, 0.05) is 37.1 Å². The zero-order valence-corrected chi connectivity index (χ0v) is 18.2. The second kappa shape index (κ2) is 9.85. The van der Waals surface area contributed by atoms with E-state index in [4.69, 9.17) is 0 Å². The summed E-state index contributed by atoms with van der Waals surface area (Å²) in [6, 6.07) is 14.3. The minimum Gasteiger partial charge on any atom is -0.478 e. The molecule has 172 valence electrons. The molecule has 0 saturated heterocycles. The zero-order valence-electron chi connectivity index (χ0n) is 18.2. The molecule has 1 heterocycles. The van der Waals surface area contributed by atoms with Crippen LogP contribution in [0.1, 0.15) is 40.2 Å². The lowest BCUT2D eigenvalue weighted by molar-refractivity contribution is -0.0498. The number of nitrogens with zero attached hydrogens (tertiary/aromatic N) is 2. The molecule has 0 saturated carbocycles. The van der Waals surface area contributed by atoms with E-state index in [1.165, 1.54) is 35.5 Å². The van der Waals surface area contributed by atoms with Gasteiger partial charge in [-0.15, -0.1) is 0 Å². The first-order valence-corrected chi connectivity index (χ1v) is 10.8. The smallest absolute Gasteiger partial charge is 0.387 e. The van der Waals surface area contributed by atoms with Crippen LogP contribution >= 0.6 is 0 Å². The summed E-state index contributed by atoms with van der Waals surface area (Å²) in [5.74, 6) is -0.636. The summed E-state index contributed by atoms with van der Waals surface area (Å²) in [6.45, 7) is -2.25. The summed E-state index contributed by atoms with van der Waals surface area (Å²) in [4.78, 5) is 17.6. The van der Waals surface area contributed by atoms with Crippen molar-refractivity contribution < 1.29 is 23.4 Å². The highest BCUT2D eigenvalue weighted by molar-refractivity contribution is 5.93. The summed E-state index contributed by atoms with van der Waals surface area (Å²) in [5.41, 5.74) is 5.12. The Morgan fingerprint density at radius 1 is 1.24 bits per heavy atom. The van der Waals surface area contributed by atoms with Gasteiger partial charge in [-0.25, -0.2) is 4.79 Å². The Kier molecular flexibility index (Phi) is 6.72. The summed E-state index contributed by atoms with van der Waals surface area (Å²) in [5, 5.41) is 12.7. The lowest BCUT2D eigenvalue weighted by atomic mass is 9.81. The number of pyridine rings is 1. The van der Waals surface area contributed by atoms with E-state index in [2.05, 4.69) is 27.2 Å². The highest BCUT2D eigenvalue weighted by Crippen LogP contribution is 2.39. The van der Waals surface area contributed by atoms with E-state index in [-0.39, 0.29) is 17.2 Å². The van der Waals surface area contributed by atoms with Crippen LogP contribution in [-0.2, 0) is 6.42 Å². The first kappa shape index (κ1) is 22.5. The van der Waals surface area contributed by atoms with Crippen LogP contribution in [0.4, 0.5) is 25.8 Å². The number of alkyl halides is 2. The number of carbonyl (C=O) groups is 1. The minimum atomic E-state index is -2.85. The Hall–Kier alpha value is -3.68. The lowest BCUT2D eigenvalue weighted by Gasteiger charge is -2.31. The normalized spacial score (nSPS) is 15.1. The SMILES string of the molecule is CN(c1ccc(OC(F)F)cc1)c1cccc2c1CCC[C@H]2CNc1cnccc1C(=O)O.